The van der Waals surface area contributed by atoms with Crippen LogP contribution in [0.15, 0.2) is 33.9 Å². The van der Waals surface area contributed by atoms with E-state index in [1.807, 2.05) is 6.07 Å². The van der Waals surface area contributed by atoms with Gasteiger partial charge in [0.2, 0.25) is 0 Å². The Morgan fingerprint density at radius 3 is 2.78 bits per heavy atom. The normalized spacial score (nSPS) is 12.5. The maximum atomic E-state index is 12.4. The zero-order chi connectivity index (χ0) is 20.0. The van der Waals surface area contributed by atoms with Gasteiger partial charge in [0, 0.05) is 18.0 Å². The fraction of sp³-hybridized carbons (Fsp3) is 0.444. The van der Waals surface area contributed by atoms with E-state index in [2.05, 4.69) is 15.5 Å². The van der Waals surface area contributed by atoms with Crippen molar-refractivity contribution in [2.75, 3.05) is 6.54 Å². The molecule has 2 rings (SSSR count). The summed E-state index contributed by atoms with van der Waals surface area (Å²) in [4.78, 5) is 28.4. The number of hydrogen-bond acceptors (Lipinski definition) is 8. The summed E-state index contributed by atoms with van der Waals surface area (Å²) < 4.78 is 10.1. The van der Waals surface area contributed by atoms with Crippen molar-refractivity contribution >= 4 is 23.6 Å². The summed E-state index contributed by atoms with van der Waals surface area (Å²) in [7, 11) is 0. The molecule has 0 radical (unpaired) electrons. The highest BCUT2D eigenvalue weighted by molar-refractivity contribution is 7.98. The number of esters is 1. The topological polar surface area (TPSA) is 115 Å². The molecular formula is C18H23N3O5S. The Hall–Kier alpha value is -2.39. The van der Waals surface area contributed by atoms with Crippen LogP contribution in [0.2, 0.25) is 0 Å². The summed E-state index contributed by atoms with van der Waals surface area (Å²) in [6, 6.07) is 5.08. The van der Waals surface area contributed by atoms with Crippen molar-refractivity contribution in [2.45, 2.75) is 50.2 Å². The molecule has 1 atom stereocenters. The average molecular weight is 393 g/mol. The van der Waals surface area contributed by atoms with Crippen LogP contribution < -0.4 is 5.32 Å². The molecule has 2 aromatic heterocycles. The molecule has 0 fully saturated rings. The molecule has 8 nitrogen and oxygen atoms in total. The first-order valence-corrected chi connectivity index (χ1v) is 9.33. The van der Waals surface area contributed by atoms with Crippen molar-refractivity contribution in [1.82, 2.24) is 15.5 Å². The van der Waals surface area contributed by atoms with Gasteiger partial charge in [-0.1, -0.05) is 16.9 Å². The van der Waals surface area contributed by atoms with Gasteiger partial charge in [-0.25, -0.2) is 9.78 Å². The van der Waals surface area contributed by atoms with E-state index < -0.39 is 23.6 Å². The number of aryl methyl sites for hydroxylation is 1. The first-order valence-electron chi connectivity index (χ1n) is 8.35. The number of carbonyl (C=O) groups is 2. The van der Waals surface area contributed by atoms with Crippen molar-refractivity contribution < 1.29 is 24.0 Å². The number of nitrogens with one attached hydrogen (secondary N) is 1. The molecule has 0 aliphatic carbocycles. The Labute approximate surface area is 161 Å². The van der Waals surface area contributed by atoms with Crippen LogP contribution in [-0.4, -0.2) is 45.4 Å². The van der Waals surface area contributed by atoms with Gasteiger partial charge in [-0.3, -0.25) is 4.79 Å². The van der Waals surface area contributed by atoms with Crippen molar-refractivity contribution in [3.05, 3.63) is 41.4 Å². The lowest BCUT2D eigenvalue weighted by Gasteiger charge is -2.21. The fourth-order valence-corrected chi connectivity index (χ4v) is 2.92. The molecule has 0 bridgehead atoms. The third-order valence-electron chi connectivity index (χ3n) is 3.18. The number of rotatable bonds is 7. The first-order chi connectivity index (χ1) is 12.7. The molecule has 2 heterocycles. The highest BCUT2D eigenvalue weighted by atomic mass is 32.2. The summed E-state index contributed by atoms with van der Waals surface area (Å²) in [5, 5.41) is 16.8. The first kappa shape index (κ1) is 20.9. The lowest BCUT2D eigenvalue weighted by molar-refractivity contribution is -0.164. The van der Waals surface area contributed by atoms with Crippen LogP contribution in [0, 0.1) is 6.92 Å². The zero-order valence-corrected chi connectivity index (χ0v) is 16.5. The van der Waals surface area contributed by atoms with E-state index in [1.165, 1.54) is 11.8 Å². The highest BCUT2D eigenvalue weighted by Gasteiger charge is 2.24. The number of aliphatic hydroxyl groups is 1. The molecule has 1 amide bonds. The van der Waals surface area contributed by atoms with E-state index >= 15 is 0 Å². The lowest BCUT2D eigenvalue weighted by atomic mass is 10.2. The predicted molar refractivity (Wildman–Crippen MR) is 99.2 cm³/mol. The average Bonchev–Trinajstić information content (AvgIpc) is 3.01. The molecule has 9 heteroatoms. The number of ether oxygens (including phenoxy) is 1. The molecule has 2 N–H and O–H groups in total. The Bertz CT molecular complexity index is 800. The molecule has 0 aliphatic heterocycles. The SMILES string of the molecule is Cc1cc(CSc2ncccc2C(=O)NC[C@@H](O)C(=O)OC(C)(C)C)no1. The van der Waals surface area contributed by atoms with Crippen LogP contribution in [0.4, 0.5) is 0 Å². The molecular weight excluding hydrogens is 370 g/mol. The molecule has 0 aliphatic rings. The van der Waals surface area contributed by atoms with E-state index in [9.17, 15) is 14.7 Å². The molecule has 146 valence electrons. The molecule has 0 unspecified atom stereocenters. The van der Waals surface area contributed by atoms with Gasteiger partial charge < -0.3 is 19.7 Å². The second-order valence-electron chi connectivity index (χ2n) is 6.83. The van der Waals surface area contributed by atoms with Crippen LogP contribution in [0.3, 0.4) is 0 Å². The van der Waals surface area contributed by atoms with Crippen LogP contribution in [0.5, 0.6) is 0 Å². The number of thioether (sulfide) groups is 1. The standard InChI is InChI=1S/C18H23N3O5S/c1-11-8-12(21-26-11)10-27-16-13(6-5-7-19-16)15(23)20-9-14(22)17(24)25-18(2,3)4/h5-8,14,22H,9-10H2,1-4H3,(H,20,23)/t14-/m1/s1. The van der Waals surface area contributed by atoms with Crippen LogP contribution >= 0.6 is 11.8 Å². The van der Waals surface area contributed by atoms with Gasteiger partial charge >= 0.3 is 5.97 Å². The van der Waals surface area contributed by atoms with Gasteiger partial charge in [-0.15, -0.1) is 0 Å². The van der Waals surface area contributed by atoms with Crippen molar-refractivity contribution in [3.63, 3.8) is 0 Å². The van der Waals surface area contributed by atoms with Gasteiger partial charge in [0.1, 0.15) is 16.4 Å². The Kier molecular flexibility index (Phi) is 6.98. The number of nitrogens with zero attached hydrogens (tertiary/aromatic N) is 2. The van der Waals surface area contributed by atoms with Crippen molar-refractivity contribution in [2.24, 2.45) is 0 Å². The molecule has 0 saturated carbocycles. The third-order valence-corrected chi connectivity index (χ3v) is 4.22. The summed E-state index contributed by atoms with van der Waals surface area (Å²) in [5.74, 6) is -0.0231. The minimum absolute atomic E-state index is 0.255. The van der Waals surface area contributed by atoms with E-state index in [1.54, 1.807) is 46.0 Å². The predicted octanol–water partition coefficient (Wildman–Crippen LogP) is 2.10. The molecule has 0 aromatic carbocycles. The van der Waals surface area contributed by atoms with Gasteiger partial charge in [0.25, 0.3) is 5.91 Å². The molecule has 27 heavy (non-hydrogen) atoms. The van der Waals surface area contributed by atoms with Crippen LogP contribution in [0.25, 0.3) is 0 Å². The monoisotopic (exact) mass is 393 g/mol. The Morgan fingerprint density at radius 1 is 1.41 bits per heavy atom. The fourth-order valence-electron chi connectivity index (χ4n) is 2.04. The van der Waals surface area contributed by atoms with E-state index in [0.29, 0.717) is 22.1 Å². The summed E-state index contributed by atoms with van der Waals surface area (Å²) in [6.07, 6.45) is 0.141. The highest BCUT2D eigenvalue weighted by Crippen LogP contribution is 2.24. The molecule has 0 saturated heterocycles. The number of hydrogen-bond donors (Lipinski definition) is 2. The summed E-state index contributed by atoms with van der Waals surface area (Å²) in [5.41, 5.74) is 0.378. The maximum Gasteiger partial charge on any atom is 0.337 e. The summed E-state index contributed by atoms with van der Waals surface area (Å²) >= 11 is 1.34. The van der Waals surface area contributed by atoms with Gasteiger partial charge in [0.05, 0.1) is 17.8 Å². The number of carbonyl (C=O) groups excluding carboxylic acids is 2. The Balaban J connectivity index is 1.95. The smallest absolute Gasteiger partial charge is 0.337 e. The molecule has 0 spiro atoms. The van der Waals surface area contributed by atoms with Crippen molar-refractivity contribution in [3.8, 4) is 0 Å². The van der Waals surface area contributed by atoms with E-state index in [0.717, 1.165) is 5.69 Å². The zero-order valence-electron chi connectivity index (χ0n) is 15.7. The largest absolute Gasteiger partial charge is 0.458 e. The van der Waals surface area contributed by atoms with E-state index in [4.69, 9.17) is 9.26 Å². The van der Waals surface area contributed by atoms with Crippen LogP contribution in [-0.2, 0) is 15.3 Å². The second-order valence-corrected chi connectivity index (χ2v) is 7.80. The van der Waals surface area contributed by atoms with Gasteiger partial charge in [-0.2, -0.15) is 0 Å². The third kappa shape index (κ3) is 6.69. The quantitative estimate of drug-likeness (QED) is 0.543. The second kappa shape index (κ2) is 9.01. The summed E-state index contributed by atoms with van der Waals surface area (Å²) in [6.45, 7) is 6.65. The number of pyridine rings is 1. The minimum atomic E-state index is -1.45. The maximum absolute atomic E-state index is 12.4. The molecule has 2 aromatic rings. The van der Waals surface area contributed by atoms with Gasteiger partial charge in [0.15, 0.2) is 6.10 Å². The van der Waals surface area contributed by atoms with Crippen molar-refractivity contribution in [1.29, 1.82) is 0 Å². The van der Waals surface area contributed by atoms with Gasteiger partial charge in [-0.05, 0) is 39.8 Å². The van der Waals surface area contributed by atoms with Crippen LogP contribution in [0.1, 0.15) is 42.6 Å². The number of aromatic nitrogens is 2. The number of amides is 1. The lowest BCUT2D eigenvalue weighted by Crippen LogP contribution is -2.40. The van der Waals surface area contributed by atoms with E-state index in [-0.39, 0.29) is 6.54 Å². The number of aliphatic hydroxyl groups excluding tert-OH is 1. The minimum Gasteiger partial charge on any atom is -0.458 e. The Morgan fingerprint density at radius 2 is 2.15 bits per heavy atom.